The SMILES string of the molecule is CNC(=O)Oc1cc(-c2ccc(OC[C@@](C)(N)CC(C)C)c(C(F)F)n2)ccn1. The van der Waals surface area contributed by atoms with E-state index in [-0.39, 0.29) is 23.9 Å². The fourth-order valence-corrected chi connectivity index (χ4v) is 2.91. The predicted molar refractivity (Wildman–Crippen MR) is 105 cm³/mol. The smallest absolute Gasteiger partial charge is 0.413 e. The Morgan fingerprint density at radius 1 is 1.31 bits per heavy atom. The van der Waals surface area contributed by atoms with E-state index in [2.05, 4.69) is 15.3 Å². The van der Waals surface area contributed by atoms with Gasteiger partial charge >= 0.3 is 6.09 Å². The van der Waals surface area contributed by atoms with Crippen molar-refractivity contribution in [3.63, 3.8) is 0 Å². The van der Waals surface area contributed by atoms with E-state index >= 15 is 0 Å². The molecule has 2 aromatic rings. The van der Waals surface area contributed by atoms with Crippen LogP contribution in [-0.2, 0) is 0 Å². The van der Waals surface area contributed by atoms with Crippen LogP contribution in [-0.4, -0.2) is 35.3 Å². The Bertz CT molecular complexity index is 844. The second kappa shape index (κ2) is 9.60. The summed E-state index contributed by atoms with van der Waals surface area (Å²) in [6.07, 6.45) is -1.44. The molecule has 7 nitrogen and oxygen atoms in total. The van der Waals surface area contributed by atoms with Gasteiger partial charge in [-0.1, -0.05) is 13.8 Å². The summed E-state index contributed by atoms with van der Waals surface area (Å²) in [5.74, 6) is 0.358. The van der Waals surface area contributed by atoms with Crippen LogP contribution in [0.4, 0.5) is 13.6 Å². The van der Waals surface area contributed by atoms with Crippen LogP contribution in [0.15, 0.2) is 30.5 Å². The molecule has 0 fully saturated rings. The molecule has 3 N–H and O–H groups in total. The summed E-state index contributed by atoms with van der Waals surface area (Å²) in [5, 5.41) is 2.30. The topological polar surface area (TPSA) is 99.4 Å². The maximum absolute atomic E-state index is 13.6. The third-order valence-electron chi connectivity index (χ3n) is 3.96. The Hall–Kier alpha value is -2.81. The zero-order valence-electron chi connectivity index (χ0n) is 16.9. The minimum absolute atomic E-state index is 0.0138. The summed E-state index contributed by atoms with van der Waals surface area (Å²) in [4.78, 5) is 19.3. The lowest BCUT2D eigenvalue weighted by Crippen LogP contribution is -2.43. The molecular formula is C20H26F2N4O3. The quantitative estimate of drug-likeness (QED) is 0.686. The third kappa shape index (κ3) is 6.63. The average Bonchev–Trinajstić information content (AvgIpc) is 2.65. The Balaban J connectivity index is 2.26. The lowest BCUT2D eigenvalue weighted by molar-refractivity contribution is 0.134. The van der Waals surface area contributed by atoms with E-state index in [1.54, 1.807) is 12.1 Å². The average molecular weight is 408 g/mol. The molecule has 0 bridgehead atoms. The van der Waals surface area contributed by atoms with Crippen molar-refractivity contribution in [3.8, 4) is 22.9 Å². The molecule has 2 aromatic heterocycles. The first-order valence-corrected chi connectivity index (χ1v) is 9.18. The van der Waals surface area contributed by atoms with Crippen molar-refractivity contribution in [2.75, 3.05) is 13.7 Å². The number of amides is 1. The highest BCUT2D eigenvalue weighted by atomic mass is 19.3. The molecule has 0 spiro atoms. The second-order valence-electron chi connectivity index (χ2n) is 7.44. The molecule has 29 heavy (non-hydrogen) atoms. The molecule has 1 amide bonds. The van der Waals surface area contributed by atoms with Crippen LogP contribution >= 0.6 is 0 Å². The highest BCUT2D eigenvalue weighted by molar-refractivity contribution is 5.70. The van der Waals surface area contributed by atoms with Crippen molar-refractivity contribution in [3.05, 3.63) is 36.2 Å². The maximum atomic E-state index is 13.6. The van der Waals surface area contributed by atoms with Gasteiger partial charge in [0.15, 0.2) is 0 Å². The number of carbonyl (C=O) groups excluding carboxylic acids is 1. The van der Waals surface area contributed by atoms with E-state index in [4.69, 9.17) is 15.2 Å². The first kappa shape index (κ1) is 22.5. The van der Waals surface area contributed by atoms with Gasteiger partial charge in [0.2, 0.25) is 5.88 Å². The Labute approximate surface area is 168 Å². The normalized spacial score (nSPS) is 13.3. The van der Waals surface area contributed by atoms with Crippen LogP contribution in [0.2, 0.25) is 0 Å². The van der Waals surface area contributed by atoms with Gasteiger partial charge < -0.3 is 20.5 Å². The molecular weight excluding hydrogens is 382 g/mol. The highest BCUT2D eigenvalue weighted by Gasteiger charge is 2.24. The van der Waals surface area contributed by atoms with Crippen molar-refractivity contribution >= 4 is 6.09 Å². The number of aromatic nitrogens is 2. The number of alkyl halides is 2. The van der Waals surface area contributed by atoms with E-state index in [0.717, 1.165) is 0 Å². The zero-order valence-corrected chi connectivity index (χ0v) is 16.9. The van der Waals surface area contributed by atoms with E-state index < -0.39 is 23.8 Å². The summed E-state index contributed by atoms with van der Waals surface area (Å²) >= 11 is 0. The van der Waals surface area contributed by atoms with E-state index in [9.17, 15) is 13.6 Å². The number of halogens is 2. The number of hydrogen-bond donors (Lipinski definition) is 2. The molecule has 0 aromatic carbocycles. The predicted octanol–water partition coefficient (Wildman–Crippen LogP) is 3.94. The number of hydrogen-bond acceptors (Lipinski definition) is 6. The van der Waals surface area contributed by atoms with Gasteiger partial charge in [-0.15, -0.1) is 0 Å². The van der Waals surface area contributed by atoms with Gasteiger partial charge in [-0.3, -0.25) is 0 Å². The van der Waals surface area contributed by atoms with Crippen LogP contribution in [0, 0.1) is 5.92 Å². The summed E-state index contributed by atoms with van der Waals surface area (Å²) in [5.41, 5.74) is 5.81. The van der Waals surface area contributed by atoms with E-state index in [1.807, 2.05) is 20.8 Å². The summed E-state index contributed by atoms with van der Waals surface area (Å²) in [7, 11) is 1.41. The maximum Gasteiger partial charge on any atom is 0.413 e. The Kier molecular flexibility index (Phi) is 7.44. The second-order valence-corrected chi connectivity index (χ2v) is 7.44. The van der Waals surface area contributed by atoms with Gasteiger partial charge in [0.1, 0.15) is 18.1 Å². The van der Waals surface area contributed by atoms with Crippen LogP contribution < -0.4 is 20.5 Å². The fourth-order valence-electron chi connectivity index (χ4n) is 2.91. The molecule has 0 aliphatic carbocycles. The molecule has 0 radical (unpaired) electrons. The monoisotopic (exact) mass is 408 g/mol. The number of rotatable bonds is 8. The molecule has 0 saturated heterocycles. The van der Waals surface area contributed by atoms with Crippen LogP contribution in [0.3, 0.4) is 0 Å². The lowest BCUT2D eigenvalue weighted by atomic mass is 9.93. The van der Waals surface area contributed by atoms with Gasteiger partial charge in [-0.05, 0) is 37.5 Å². The van der Waals surface area contributed by atoms with Crippen LogP contribution in [0.25, 0.3) is 11.3 Å². The first-order chi connectivity index (χ1) is 13.6. The van der Waals surface area contributed by atoms with Gasteiger partial charge in [-0.25, -0.2) is 23.5 Å². The number of nitrogens with zero attached hydrogens (tertiary/aromatic N) is 2. The van der Waals surface area contributed by atoms with Crippen LogP contribution in [0.5, 0.6) is 11.6 Å². The standard InChI is InChI=1S/C20H26F2N4O3/c1-12(2)10-20(3,23)11-28-15-6-5-14(26-17(15)18(21)22)13-7-8-25-16(9-13)29-19(27)24-4/h5-9,12,18H,10-11,23H2,1-4H3,(H,24,27)/t20-/m0/s1. The lowest BCUT2D eigenvalue weighted by Gasteiger charge is -2.27. The largest absolute Gasteiger partial charge is 0.490 e. The fraction of sp³-hybridized carbons (Fsp3) is 0.450. The van der Waals surface area contributed by atoms with Gasteiger partial charge in [-0.2, -0.15) is 0 Å². The molecule has 0 aliphatic rings. The van der Waals surface area contributed by atoms with Gasteiger partial charge in [0.25, 0.3) is 6.43 Å². The minimum atomic E-state index is -2.83. The summed E-state index contributed by atoms with van der Waals surface area (Å²) in [6.45, 7) is 5.97. The van der Waals surface area contributed by atoms with Gasteiger partial charge in [0.05, 0.1) is 5.69 Å². The molecule has 1 atom stereocenters. The molecule has 2 heterocycles. The zero-order chi connectivity index (χ0) is 21.6. The number of carbonyl (C=O) groups is 1. The number of ether oxygens (including phenoxy) is 2. The highest BCUT2D eigenvalue weighted by Crippen LogP contribution is 2.31. The van der Waals surface area contributed by atoms with Gasteiger partial charge in [0, 0.05) is 30.4 Å². The molecule has 0 unspecified atom stereocenters. The summed E-state index contributed by atoms with van der Waals surface area (Å²) in [6, 6.07) is 6.01. The van der Waals surface area contributed by atoms with E-state index in [0.29, 0.717) is 17.9 Å². The Morgan fingerprint density at radius 2 is 2.03 bits per heavy atom. The molecule has 2 rings (SSSR count). The first-order valence-electron chi connectivity index (χ1n) is 9.18. The number of nitrogens with two attached hydrogens (primary N) is 1. The van der Waals surface area contributed by atoms with E-state index in [1.165, 1.54) is 25.4 Å². The van der Waals surface area contributed by atoms with Crippen molar-refractivity contribution in [1.29, 1.82) is 0 Å². The van der Waals surface area contributed by atoms with Crippen LogP contribution in [0.1, 0.15) is 39.3 Å². The van der Waals surface area contributed by atoms with Crippen molar-refractivity contribution in [1.82, 2.24) is 15.3 Å². The van der Waals surface area contributed by atoms with Crippen molar-refractivity contribution < 1.29 is 23.0 Å². The summed E-state index contributed by atoms with van der Waals surface area (Å²) < 4.78 is 37.7. The Morgan fingerprint density at radius 3 is 2.66 bits per heavy atom. The molecule has 9 heteroatoms. The number of nitrogens with one attached hydrogen (secondary N) is 1. The number of pyridine rings is 2. The van der Waals surface area contributed by atoms with Crippen molar-refractivity contribution in [2.45, 2.75) is 39.2 Å². The minimum Gasteiger partial charge on any atom is -0.490 e. The molecule has 0 saturated carbocycles. The molecule has 158 valence electrons. The van der Waals surface area contributed by atoms with Crippen molar-refractivity contribution in [2.24, 2.45) is 11.7 Å². The third-order valence-corrected chi connectivity index (χ3v) is 3.96. The molecule has 0 aliphatic heterocycles.